The van der Waals surface area contributed by atoms with Crippen molar-refractivity contribution in [3.63, 3.8) is 0 Å². The highest BCUT2D eigenvalue weighted by Gasteiger charge is 2.18. The predicted molar refractivity (Wildman–Crippen MR) is 112 cm³/mol. The van der Waals surface area contributed by atoms with Crippen LogP contribution in [0.15, 0.2) is 52.9 Å². The van der Waals surface area contributed by atoms with Gasteiger partial charge in [0, 0.05) is 36.5 Å². The van der Waals surface area contributed by atoms with Crippen LogP contribution in [0.1, 0.15) is 41.4 Å². The number of nitrogens with two attached hydrogens (primary N) is 1. The van der Waals surface area contributed by atoms with Crippen LogP contribution in [0.4, 0.5) is 0 Å². The van der Waals surface area contributed by atoms with E-state index in [1.165, 1.54) is 0 Å². The summed E-state index contributed by atoms with van der Waals surface area (Å²) >= 11 is 0. The van der Waals surface area contributed by atoms with Crippen molar-refractivity contribution in [1.29, 1.82) is 0 Å². The lowest BCUT2D eigenvalue weighted by atomic mass is 10.1. The van der Waals surface area contributed by atoms with Crippen LogP contribution < -0.4 is 10.5 Å². The second kappa shape index (κ2) is 9.28. The van der Waals surface area contributed by atoms with E-state index in [1.54, 1.807) is 36.2 Å². The number of fused-ring (bicyclic) bond motifs is 1. The first-order valence-corrected chi connectivity index (χ1v) is 9.75. The number of primary amides is 1. The number of nitrogens with zero attached hydrogens (tertiary/aromatic N) is 1. The number of benzene rings is 2. The average molecular weight is 394 g/mol. The second-order valence-corrected chi connectivity index (χ2v) is 7.03. The molecule has 0 fully saturated rings. The molecule has 0 bridgehead atoms. The molecule has 0 aliphatic carbocycles. The van der Waals surface area contributed by atoms with Crippen LogP contribution in [0.3, 0.4) is 0 Å². The van der Waals surface area contributed by atoms with E-state index in [0.29, 0.717) is 17.9 Å². The third-order valence-electron chi connectivity index (χ3n) is 4.86. The van der Waals surface area contributed by atoms with Crippen molar-refractivity contribution < 1.29 is 18.7 Å². The van der Waals surface area contributed by atoms with Gasteiger partial charge in [0.2, 0.25) is 5.91 Å². The maximum absolute atomic E-state index is 12.6. The summed E-state index contributed by atoms with van der Waals surface area (Å²) in [6.45, 7) is 2.51. The number of aryl methyl sites for hydroxylation is 1. The molecule has 0 spiro atoms. The molecule has 0 radical (unpaired) electrons. The SMILES string of the molecule is CCCCc1oc2ccccc2c1CN(C)C(=O)COc1ccc(C(N)=O)cc1. The molecule has 0 saturated heterocycles. The van der Waals surface area contributed by atoms with Crippen molar-refractivity contribution >= 4 is 22.8 Å². The van der Waals surface area contributed by atoms with Gasteiger partial charge in [-0.1, -0.05) is 31.5 Å². The minimum atomic E-state index is -0.501. The Hall–Kier alpha value is -3.28. The molecule has 1 heterocycles. The van der Waals surface area contributed by atoms with Crippen molar-refractivity contribution in [2.75, 3.05) is 13.7 Å². The first kappa shape index (κ1) is 20.5. The van der Waals surface area contributed by atoms with Crippen molar-refractivity contribution in [3.05, 3.63) is 65.4 Å². The lowest BCUT2D eigenvalue weighted by Gasteiger charge is -2.18. The zero-order chi connectivity index (χ0) is 20.8. The van der Waals surface area contributed by atoms with Crippen molar-refractivity contribution in [1.82, 2.24) is 4.90 Å². The summed E-state index contributed by atoms with van der Waals surface area (Å²) in [5.41, 5.74) is 7.52. The normalized spacial score (nSPS) is 10.8. The summed E-state index contributed by atoms with van der Waals surface area (Å²) in [5, 5.41) is 1.04. The van der Waals surface area contributed by atoms with Crippen LogP contribution in [0.25, 0.3) is 11.0 Å². The molecule has 2 N–H and O–H groups in total. The van der Waals surface area contributed by atoms with Gasteiger partial charge in [-0.3, -0.25) is 9.59 Å². The Morgan fingerprint density at radius 2 is 1.83 bits per heavy atom. The molecule has 0 aliphatic heterocycles. The van der Waals surface area contributed by atoms with Gasteiger partial charge in [0.05, 0.1) is 0 Å². The Labute approximate surface area is 170 Å². The summed E-state index contributed by atoms with van der Waals surface area (Å²) in [6, 6.07) is 14.3. The van der Waals surface area contributed by atoms with Crippen molar-refractivity contribution in [2.45, 2.75) is 32.7 Å². The summed E-state index contributed by atoms with van der Waals surface area (Å²) in [5.74, 6) is 0.805. The van der Waals surface area contributed by atoms with E-state index in [0.717, 1.165) is 41.6 Å². The highest BCUT2D eigenvalue weighted by Crippen LogP contribution is 2.28. The number of carbonyl (C=O) groups excluding carboxylic acids is 2. The maximum Gasteiger partial charge on any atom is 0.260 e. The van der Waals surface area contributed by atoms with E-state index in [2.05, 4.69) is 6.92 Å². The van der Waals surface area contributed by atoms with Crippen LogP contribution in [-0.4, -0.2) is 30.4 Å². The van der Waals surface area contributed by atoms with Gasteiger partial charge in [-0.25, -0.2) is 0 Å². The molecule has 3 rings (SSSR count). The monoisotopic (exact) mass is 394 g/mol. The molecule has 0 atom stereocenters. The number of likely N-dealkylation sites (N-methyl/N-ethyl adjacent to an activating group) is 1. The number of hydrogen-bond donors (Lipinski definition) is 1. The molecular weight excluding hydrogens is 368 g/mol. The number of ether oxygens (including phenoxy) is 1. The summed E-state index contributed by atoms with van der Waals surface area (Å²) in [4.78, 5) is 25.3. The first-order valence-electron chi connectivity index (χ1n) is 9.75. The number of carbonyl (C=O) groups is 2. The molecular formula is C23H26N2O4. The van der Waals surface area contributed by atoms with Crippen LogP contribution in [0.2, 0.25) is 0 Å². The fourth-order valence-corrected chi connectivity index (χ4v) is 3.16. The lowest BCUT2D eigenvalue weighted by molar-refractivity contribution is -0.132. The first-order chi connectivity index (χ1) is 14.0. The van der Waals surface area contributed by atoms with E-state index < -0.39 is 5.91 Å². The van der Waals surface area contributed by atoms with Crippen molar-refractivity contribution in [2.24, 2.45) is 5.73 Å². The highest BCUT2D eigenvalue weighted by atomic mass is 16.5. The molecule has 3 aromatic rings. The van der Waals surface area contributed by atoms with E-state index >= 15 is 0 Å². The average Bonchev–Trinajstić information content (AvgIpc) is 3.08. The summed E-state index contributed by atoms with van der Waals surface area (Å²) in [6.07, 6.45) is 2.97. The Morgan fingerprint density at radius 1 is 1.10 bits per heavy atom. The third-order valence-corrected chi connectivity index (χ3v) is 4.86. The van der Waals surface area contributed by atoms with Gasteiger partial charge < -0.3 is 19.8 Å². The van der Waals surface area contributed by atoms with Crippen LogP contribution >= 0.6 is 0 Å². The van der Waals surface area contributed by atoms with Gasteiger partial charge in [-0.05, 0) is 36.8 Å². The predicted octanol–water partition coefficient (Wildman–Crippen LogP) is 3.91. The Kier molecular flexibility index (Phi) is 6.54. The van der Waals surface area contributed by atoms with Gasteiger partial charge >= 0.3 is 0 Å². The standard InChI is InChI=1S/C23H26N2O4/c1-3-4-8-21-19(18-7-5-6-9-20(18)29-21)14-25(2)22(26)15-28-17-12-10-16(11-13-17)23(24)27/h5-7,9-13H,3-4,8,14-15H2,1-2H3,(H2,24,27). The molecule has 0 unspecified atom stereocenters. The molecule has 6 heteroatoms. The number of rotatable bonds is 9. The van der Waals surface area contributed by atoms with E-state index in [1.807, 2.05) is 24.3 Å². The lowest BCUT2D eigenvalue weighted by Crippen LogP contribution is -2.31. The minimum absolute atomic E-state index is 0.0908. The van der Waals surface area contributed by atoms with E-state index in [-0.39, 0.29) is 12.5 Å². The van der Waals surface area contributed by atoms with Crippen LogP contribution in [-0.2, 0) is 17.8 Å². The second-order valence-electron chi connectivity index (χ2n) is 7.03. The molecule has 152 valence electrons. The number of amides is 2. The van der Waals surface area contributed by atoms with Gasteiger partial charge in [-0.15, -0.1) is 0 Å². The quantitative estimate of drug-likeness (QED) is 0.596. The third kappa shape index (κ3) is 4.96. The zero-order valence-corrected chi connectivity index (χ0v) is 16.8. The maximum atomic E-state index is 12.6. The Bertz CT molecular complexity index is 992. The largest absolute Gasteiger partial charge is 0.484 e. The molecule has 29 heavy (non-hydrogen) atoms. The van der Waals surface area contributed by atoms with Gasteiger partial charge in [-0.2, -0.15) is 0 Å². The number of unbranched alkanes of at least 4 members (excludes halogenated alkanes) is 1. The molecule has 0 aliphatic rings. The fraction of sp³-hybridized carbons (Fsp3) is 0.304. The van der Waals surface area contributed by atoms with Crippen LogP contribution in [0, 0.1) is 0 Å². The van der Waals surface area contributed by atoms with E-state index in [9.17, 15) is 9.59 Å². The minimum Gasteiger partial charge on any atom is -0.484 e. The molecule has 0 saturated carbocycles. The van der Waals surface area contributed by atoms with Gasteiger partial charge in [0.25, 0.3) is 5.91 Å². The smallest absolute Gasteiger partial charge is 0.260 e. The Morgan fingerprint density at radius 3 is 2.52 bits per heavy atom. The van der Waals surface area contributed by atoms with Gasteiger partial charge in [0.1, 0.15) is 17.1 Å². The van der Waals surface area contributed by atoms with E-state index in [4.69, 9.17) is 14.9 Å². The fourth-order valence-electron chi connectivity index (χ4n) is 3.16. The number of furan rings is 1. The Balaban J connectivity index is 1.66. The topological polar surface area (TPSA) is 85.8 Å². The summed E-state index contributed by atoms with van der Waals surface area (Å²) < 4.78 is 11.6. The zero-order valence-electron chi connectivity index (χ0n) is 16.8. The van der Waals surface area contributed by atoms with Crippen LogP contribution in [0.5, 0.6) is 5.75 Å². The van der Waals surface area contributed by atoms with Crippen molar-refractivity contribution in [3.8, 4) is 5.75 Å². The molecule has 2 amide bonds. The highest BCUT2D eigenvalue weighted by molar-refractivity contribution is 5.92. The summed E-state index contributed by atoms with van der Waals surface area (Å²) in [7, 11) is 1.76. The number of para-hydroxylation sites is 1. The van der Waals surface area contributed by atoms with Gasteiger partial charge in [0.15, 0.2) is 6.61 Å². The molecule has 1 aromatic heterocycles. The molecule has 2 aromatic carbocycles. The number of hydrogen-bond acceptors (Lipinski definition) is 4. The molecule has 6 nitrogen and oxygen atoms in total.